The van der Waals surface area contributed by atoms with Crippen molar-refractivity contribution in [3.8, 4) is 0 Å². The van der Waals surface area contributed by atoms with Gasteiger partial charge in [-0.15, -0.1) is 0 Å². The molecule has 0 aliphatic carbocycles. The lowest BCUT2D eigenvalue weighted by molar-refractivity contribution is -0.00000331. The Labute approximate surface area is 107 Å². The molecule has 0 radical (unpaired) electrons. The number of nitrogens with zero attached hydrogens (tertiary/aromatic N) is 2. The van der Waals surface area contributed by atoms with Crippen LogP contribution in [0.2, 0.25) is 0 Å². The predicted molar refractivity (Wildman–Crippen MR) is 66.6 cm³/mol. The van der Waals surface area contributed by atoms with E-state index < -0.39 is 0 Å². The Morgan fingerprint density at radius 2 is 1.94 bits per heavy atom. The summed E-state index contributed by atoms with van der Waals surface area (Å²) in [6, 6.07) is 11.9. The van der Waals surface area contributed by atoms with E-state index in [2.05, 4.69) is 22.4 Å². The maximum absolute atomic E-state index is 4.13. The SMILES string of the molecule is Cc1ccc(NN=Cc2cccnc2)cc1.[Cl-]. The van der Waals surface area contributed by atoms with Crippen LogP contribution in [0.3, 0.4) is 0 Å². The van der Waals surface area contributed by atoms with Gasteiger partial charge < -0.3 is 12.4 Å². The fourth-order valence-electron chi connectivity index (χ4n) is 1.26. The summed E-state index contributed by atoms with van der Waals surface area (Å²) >= 11 is 0. The highest BCUT2D eigenvalue weighted by atomic mass is 35.5. The van der Waals surface area contributed by atoms with Gasteiger partial charge in [0.1, 0.15) is 0 Å². The topological polar surface area (TPSA) is 37.3 Å². The van der Waals surface area contributed by atoms with Crippen molar-refractivity contribution in [2.24, 2.45) is 5.10 Å². The van der Waals surface area contributed by atoms with Crippen LogP contribution in [0, 0.1) is 6.92 Å². The third-order valence-corrected chi connectivity index (χ3v) is 2.14. The number of hydrazone groups is 1. The molecule has 0 unspecified atom stereocenters. The van der Waals surface area contributed by atoms with Crippen LogP contribution in [-0.4, -0.2) is 11.2 Å². The highest BCUT2D eigenvalue weighted by Gasteiger charge is 1.88. The van der Waals surface area contributed by atoms with E-state index in [0.717, 1.165) is 11.3 Å². The Bertz CT molecular complexity index is 466. The molecule has 0 saturated heterocycles. The largest absolute Gasteiger partial charge is 1.00 e. The maximum atomic E-state index is 4.13. The average Bonchev–Trinajstić information content (AvgIpc) is 2.33. The zero-order chi connectivity index (χ0) is 11.2. The van der Waals surface area contributed by atoms with Crippen LogP contribution >= 0.6 is 0 Å². The molecule has 2 rings (SSSR count). The molecule has 88 valence electrons. The standard InChI is InChI=1S/C13H13N3.ClH/c1-11-4-6-13(7-5-11)16-15-10-12-3-2-8-14-9-12;/h2-10,16H,1H3;1H/p-1. The maximum Gasteiger partial charge on any atom is 0.0561 e. The zero-order valence-corrected chi connectivity index (χ0v) is 10.2. The summed E-state index contributed by atoms with van der Waals surface area (Å²) in [6.07, 6.45) is 5.25. The number of anilines is 1. The number of hydrogen-bond donors (Lipinski definition) is 1. The van der Waals surface area contributed by atoms with Crippen LogP contribution in [0.1, 0.15) is 11.1 Å². The van der Waals surface area contributed by atoms with E-state index in [-0.39, 0.29) is 12.4 Å². The van der Waals surface area contributed by atoms with Crippen molar-refractivity contribution < 1.29 is 12.4 Å². The van der Waals surface area contributed by atoms with Crippen molar-refractivity contribution in [3.63, 3.8) is 0 Å². The van der Waals surface area contributed by atoms with Crippen molar-refractivity contribution >= 4 is 11.9 Å². The molecule has 0 amide bonds. The number of aromatic nitrogens is 1. The summed E-state index contributed by atoms with van der Waals surface area (Å²) in [5, 5.41) is 4.13. The fraction of sp³-hybridized carbons (Fsp3) is 0.0769. The predicted octanol–water partition coefficient (Wildman–Crippen LogP) is -0.160. The Kier molecular flexibility index (Phi) is 5.17. The van der Waals surface area contributed by atoms with E-state index in [9.17, 15) is 0 Å². The van der Waals surface area contributed by atoms with Gasteiger partial charge in [-0.2, -0.15) is 5.10 Å². The molecule has 0 atom stereocenters. The summed E-state index contributed by atoms with van der Waals surface area (Å²) in [4.78, 5) is 4.00. The van der Waals surface area contributed by atoms with E-state index in [1.54, 1.807) is 18.6 Å². The van der Waals surface area contributed by atoms with Crippen LogP contribution < -0.4 is 17.8 Å². The van der Waals surface area contributed by atoms with Gasteiger partial charge in [-0.05, 0) is 25.1 Å². The van der Waals surface area contributed by atoms with Crippen molar-refractivity contribution in [2.75, 3.05) is 5.43 Å². The van der Waals surface area contributed by atoms with Gasteiger partial charge in [-0.1, -0.05) is 23.8 Å². The first-order chi connectivity index (χ1) is 7.84. The fourth-order valence-corrected chi connectivity index (χ4v) is 1.26. The lowest BCUT2D eigenvalue weighted by Gasteiger charge is -1.99. The highest BCUT2D eigenvalue weighted by Crippen LogP contribution is 2.08. The van der Waals surface area contributed by atoms with Gasteiger partial charge in [-0.3, -0.25) is 10.4 Å². The molecular formula is C13H13ClN3-. The third-order valence-electron chi connectivity index (χ3n) is 2.14. The molecule has 0 spiro atoms. The average molecular weight is 247 g/mol. The van der Waals surface area contributed by atoms with Crippen molar-refractivity contribution in [2.45, 2.75) is 6.92 Å². The first kappa shape index (κ1) is 13.2. The normalized spacial score (nSPS) is 9.94. The van der Waals surface area contributed by atoms with Crippen molar-refractivity contribution in [1.82, 2.24) is 4.98 Å². The molecule has 1 aromatic carbocycles. The summed E-state index contributed by atoms with van der Waals surface area (Å²) in [7, 11) is 0. The van der Waals surface area contributed by atoms with Gasteiger partial charge in [0.25, 0.3) is 0 Å². The van der Waals surface area contributed by atoms with Crippen LogP contribution in [0.4, 0.5) is 5.69 Å². The van der Waals surface area contributed by atoms with Gasteiger partial charge in [0, 0.05) is 18.0 Å². The van der Waals surface area contributed by atoms with Crippen LogP contribution in [0.5, 0.6) is 0 Å². The number of rotatable bonds is 3. The number of pyridine rings is 1. The molecule has 0 aliphatic rings. The van der Waals surface area contributed by atoms with Gasteiger partial charge in [0.15, 0.2) is 0 Å². The Morgan fingerprint density at radius 1 is 1.18 bits per heavy atom. The molecule has 0 bridgehead atoms. The smallest absolute Gasteiger partial charge is 0.0561 e. The number of aryl methyl sites for hydroxylation is 1. The molecule has 4 heteroatoms. The third kappa shape index (κ3) is 4.25. The molecule has 0 aliphatic heterocycles. The van der Waals surface area contributed by atoms with E-state index in [1.807, 2.05) is 36.4 Å². The summed E-state index contributed by atoms with van der Waals surface area (Å²) in [5.74, 6) is 0. The minimum atomic E-state index is 0. The molecular weight excluding hydrogens is 234 g/mol. The molecule has 1 N–H and O–H groups in total. The lowest BCUT2D eigenvalue weighted by atomic mass is 10.2. The van der Waals surface area contributed by atoms with Crippen LogP contribution in [0.15, 0.2) is 53.9 Å². The van der Waals surface area contributed by atoms with E-state index in [0.29, 0.717) is 0 Å². The van der Waals surface area contributed by atoms with Gasteiger partial charge in [0.05, 0.1) is 11.9 Å². The Morgan fingerprint density at radius 3 is 2.59 bits per heavy atom. The summed E-state index contributed by atoms with van der Waals surface area (Å²) < 4.78 is 0. The second-order valence-corrected chi connectivity index (χ2v) is 3.52. The van der Waals surface area contributed by atoms with Crippen molar-refractivity contribution in [1.29, 1.82) is 0 Å². The lowest BCUT2D eigenvalue weighted by Crippen LogP contribution is -3.00. The quantitative estimate of drug-likeness (QED) is 0.604. The second kappa shape index (κ2) is 6.66. The molecule has 0 saturated carbocycles. The number of nitrogens with one attached hydrogen (secondary N) is 1. The van der Waals surface area contributed by atoms with Gasteiger partial charge in [0.2, 0.25) is 0 Å². The molecule has 1 heterocycles. The molecule has 2 aromatic rings. The number of benzene rings is 1. The Balaban J connectivity index is 0.00000144. The summed E-state index contributed by atoms with van der Waals surface area (Å²) in [5.41, 5.74) is 6.15. The van der Waals surface area contributed by atoms with Crippen LogP contribution in [-0.2, 0) is 0 Å². The van der Waals surface area contributed by atoms with Gasteiger partial charge in [-0.25, -0.2) is 0 Å². The molecule has 17 heavy (non-hydrogen) atoms. The van der Waals surface area contributed by atoms with Crippen LogP contribution in [0.25, 0.3) is 0 Å². The Hall–Kier alpha value is -1.87. The minimum Gasteiger partial charge on any atom is -1.00 e. The highest BCUT2D eigenvalue weighted by molar-refractivity contribution is 5.79. The summed E-state index contributed by atoms with van der Waals surface area (Å²) in [6.45, 7) is 2.06. The van der Waals surface area contributed by atoms with Crippen molar-refractivity contribution in [3.05, 3.63) is 59.9 Å². The van der Waals surface area contributed by atoms with E-state index in [1.165, 1.54) is 5.56 Å². The van der Waals surface area contributed by atoms with E-state index in [4.69, 9.17) is 0 Å². The number of halogens is 1. The minimum absolute atomic E-state index is 0. The molecule has 3 nitrogen and oxygen atoms in total. The molecule has 1 aromatic heterocycles. The van der Waals surface area contributed by atoms with Gasteiger partial charge >= 0.3 is 0 Å². The first-order valence-electron chi connectivity index (χ1n) is 5.10. The first-order valence-corrected chi connectivity index (χ1v) is 5.10. The molecule has 0 fully saturated rings. The zero-order valence-electron chi connectivity index (χ0n) is 9.47. The monoisotopic (exact) mass is 246 g/mol. The number of hydrogen-bond acceptors (Lipinski definition) is 3. The van der Waals surface area contributed by atoms with E-state index >= 15 is 0 Å². The second-order valence-electron chi connectivity index (χ2n) is 3.52.